The van der Waals surface area contributed by atoms with Crippen molar-refractivity contribution in [3.63, 3.8) is 0 Å². The summed E-state index contributed by atoms with van der Waals surface area (Å²) in [7, 11) is 1.70. The summed E-state index contributed by atoms with van der Waals surface area (Å²) in [5.41, 5.74) is 2.38. The third kappa shape index (κ3) is 7.90. The molecule has 4 rings (SSSR count). The van der Waals surface area contributed by atoms with Gasteiger partial charge in [-0.1, -0.05) is 18.6 Å². The third-order valence-electron chi connectivity index (χ3n) is 5.77. The standard InChI is InChI=1S/C21H28N4O2.2CH2O2/c1-27-19-7-2-4-16(12-19)15-24-9-8-20-22-13-18(25(20)11-10-24)14-23-21(26)17-5-3-6-17;2*2-1-3/h2,4,7,12-13,17H,3,5-6,8-11,14-15H2,1H3,(H,23,26);2*1H,(H,2,3). The molecule has 2 aromatic rings. The molecule has 2 heterocycles. The number of amides is 1. The van der Waals surface area contributed by atoms with Gasteiger partial charge >= 0.3 is 0 Å². The van der Waals surface area contributed by atoms with Crippen molar-refractivity contribution in [3.05, 3.63) is 47.5 Å². The fourth-order valence-electron chi connectivity index (χ4n) is 3.86. The fourth-order valence-corrected chi connectivity index (χ4v) is 3.86. The van der Waals surface area contributed by atoms with Crippen molar-refractivity contribution < 1.29 is 29.3 Å². The Morgan fingerprint density at radius 1 is 1.21 bits per heavy atom. The number of carbonyl (C=O) groups excluding carboxylic acids is 1. The van der Waals surface area contributed by atoms with Crippen LogP contribution < -0.4 is 10.1 Å². The summed E-state index contributed by atoms with van der Waals surface area (Å²) in [6.07, 6.45) is 6.11. The van der Waals surface area contributed by atoms with E-state index in [-0.39, 0.29) is 24.8 Å². The number of carboxylic acid groups (broad SMARTS) is 2. The summed E-state index contributed by atoms with van der Waals surface area (Å²) < 4.78 is 7.62. The highest BCUT2D eigenvalue weighted by Gasteiger charge is 2.25. The quantitative estimate of drug-likeness (QED) is 0.555. The summed E-state index contributed by atoms with van der Waals surface area (Å²) in [4.78, 5) is 35.9. The van der Waals surface area contributed by atoms with Gasteiger partial charge in [-0.05, 0) is 30.5 Å². The van der Waals surface area contributed by atoms with E-state index in [1.54, 1.807) is 7.11 Å². The van der Waals surface area contributed by atoms with E-state index >= 15 is 0 Å². The Hall–Kier alpha value is -3.40. The van der Waals surface area contributed by atoms with Crippen LogP contribution in [0.25, 0.3) is 0 Å². The van der Waals surface area contributed by atoms with Crippen LogP contribution in [-0.4, -0.2) is 63.7 Å². The Morgan fingerprint density at radius 3 is 2.58 bits per heavy atom. The molecule has 0 radical (unpaired) electrons. The SMILES string of the molecule is COc1cccc(CN2CCc3ncc(CNC(=O)C4CCC4)n3CC2)c1.O=CO.O=CO. The molecule has 0 spiro atoms. The number of nitrogens with one attached hydrogen (secondary N) is 1. The van der Waals surface area contributed by atoms with Crippen LogP contribution in [0.15, 0.2) is 30.5 Å². The number of hydrogen-bond acceptors (Lipinski definition) is 6. The highest BCUT2D eigenvalue weighted by molar-refractivity contribution is 5.79. The Labute approximate surface area is 193 Å². The molecule has 1 aromatic carbocycles. The number of nitrogens with zero attached hydrogens (tertiary/aromatic N) is 3. The van der Waals surface area contributed by atoms with E-state index in [9.17, 15) is 4.79 Å². The molecule has 180 valence electrons. The van der Waals surface area contributed by atoms with Crippen LogP contribution in [0.3, 0.4) is 0 Å². The number of aromatic nitrogens is 2. The minimum absolute atomic E-state index is 0.199. The zero-order valence-electron chi connectivity index (χ0n) is 18.9. The minimum Gasteiger partial charge on any atom is -0.497 e. The van der Waals surface area contributed by atoms with Gasteiger partial charge in [0.25, 0.3) is 12.9 Å². The first kappa shape index (κ1) is 25.9. The van der Waals surface area contributed by atoms with E-state index in [0.717, 1.165) is 62.7 Å². The zero-order valence-corrected chi connectivity index (χ0v) is 18.9. The summed E-state index contributed by atoms with van der Waals surface area (Å²) >= 11 is 0. The van der Waals surface area contributed by atoms with Crippen LogP contribution in [-0.2, 0) is 40.4 Å². The predicted molar refractivity (Wildman–Crippen MR) is 121 cm³/mol. The highest BCUT2D eigenvalue weighted by Crippen LogP contribution is 2.26. The van der Waals surface area contributed by atoms with Crippen molar-refractivity contribution in [1.82, 2.24) is 19.8 Å². The molecule has 1 saturated carbocycles. The molecule has 1 aliphatic carbocycles. The predicted octanol–water partition coefficient (Wildman–Crippen LogP) is 1.77. The lowest BCUT2D eigenvalue weighted by atomic mass is 9.85. The molecule has 0 atom stereocenters. The number of rotatable bonds is 6. The molecule has 0 saturated heterocycles. The number of hydrogen-bond donors (Lipinski definition) is 3. The van der Waals surface area contributed by atoms with Gasteiger partial charge in [0.2, 0.25) is 5.91 Å². The molecule has 3 N–H and O–H groups in total. The highest BCUT2D eigenvalue weighted by atomic mass is 16.5. The van der Waals surface area contributed by atoms with Crippen LogP contribution in [0.5, 0.6) is 5.75 Å². The summed E-state index contributed by atoms with van der Waals surface area (Å²) in [6, 6.07) is 8.27. The number of ether oxygens (including phenoxy) is 1. The lowest BCUT2D eigenvalue weighted by Crippen LogP contribution is -2.34. The van der Waals surface area contributed by atoms with Gasteiger partial charge in [0, 0.05) is 38.5 Å². The van der Waals surface area contributed by atoms with Crippen LogP contribution in [0.2, 0.25) is 0 Å². The Morgan fingerprint density at radius 2 is 1.94 bits per heavy atom. The van der Waals surface area contributed by atoms with E-state index in [0.29, 0.717) is 6.54 Å². The first-order valence-electron chi connectivity index (χ1n) is 10.9. The minimum atomic E-state index is -0.250. The maximum Gasteiger partial charge on any atom is 0.290 e. The first-order valence-corrected chi connectivity index (χ1v) is 10.9. The normalized spacial score (nSPS) is 15.2. The topological polar surface area (TPSA) is 134 Å². The lowest BCUT2D eigenvalue weighted by molar-refractivity contribution is -0.127. The molecular formula is C23H32N4O6. The molecule has 2 aliphatic rings. The largest absolute Gasteiger partial charge is 0.497 e. The Bertz CT molecular complexity index is 891. The molecular weight excluding hydrogens is 428 g/mol. The molecule has 1 fully saturated rings. The number of imidazole rings is 1. The van der Waals surface area contributed by atoms with Crippen LogP contribution in [0.4, 0.5) is 0 Å². The molecule has 1 amide bonds. The van der Waals surface area contributed by atoms with E-state index in [2.05, 4.69) is 31.9 Å². The van der Waals surface area contributed by atoms with Gasteiger partial charge in [-0.15, -0.1) is 0 Å². The lowest BCUT2D eigenvalue weighted by Gasteiger charge is -2.24. The van der Waals surface area contributed by atoms with Gasteiger partial charge in [-0.3, -0.25) is 19.3 Å². The molecule has 33 heavy (non-hydrogen) atoms. The van der Waals surface area contributed by atoms with E-state index < -0.39 is 0 Å². The van der Waals surface area contributed by atoms with E-state index in [1.807, 2.05) is 18.3 Å². The third-order valence-corrected chi connectivity index (χ3v) is 5.77. The zero-order chi connectivity index (χ0) is 24.1. The molecule has 1 aromatic heterocycles. The smallest absolute Gasteiger partial charge is 0.290 e. The van der Waals surface area contributed by atoms with E-state index in [1.165, 1.54) is 12.0 Å². The van der Waals surface area contributed by atoms with Crippen LogP contribution in [0, 0.1) is 5.92 Å². The maximum atomic E-state index is 12.1. The number of fused-ring (bicyclic) bond motifs is 1. The van der Waals surface area contributed by atoms with Crippen LogP contribution in [0.1, 0.15) is 36.3 Å². The number of methoxy groups -OCH3 is 1. The monoisotopic (exact) mass is 460 g/mol. The van der Waals surface area contributed by atoms with Crippen molar-refractivity contribution >= 4 is 18.9 Å². The molecule has 0 bridgehead atoms. The Kier molecular flexibility index (Phi) is 10.9. The second kappa shape index (κ2) is 13.9. The van der Waals surface area contributed by atoms with E-state index in [4.69, 9.17) is 24.5 Å². The number of carbonyl (C=O) groups is 3. The van der Waals surface area contributed by atoms with Crippen molar-refractivity contribution in [2.45, 2.75) is 45.3 Å². The van der Waals surface area contributed by atoms with Crippen LogP contribution >= 0.6 is 0 Å². The average molecular weight is 461 g/mol. The van der Waals surface area contributed by atoms with Gasteiger partial charge < -0.3 is 24.8 Å². The van der Waals surface area contributed by atoms with Gasteiger partial charge in [-0.25, -0.2) is 4.98 Å². The fraction of sp³-hybridized carbons (Fsp3) is 0.478. The maximum absolute atomic E-state index is 12.1. The molecule has 0 unspecified atom stereocenters. The van der Waals surface area contributed by atoms with Gasteiger partial charge in [0.1, 0.15) is 11.6 Å². The Balaban J connectivity index is 0.000000582. The second-order valence-corrected chi connectivity index (χ2v) is 7.75. The van der Waals surface area contributed by atoms with Crippen molar-refractivity contribution in [3.8, 4) is 5.75 Å². The van der Waals surface area contributed by atoms with Gasteiger partial charge in [0.05, 0.1) is 25.5 Å². The molecule has 10 heteroatoms. The summed E-state index contributed by atoms with van der Waals surface area (Å²) in [5, 5.41) is 16.9. The second-order valence-electron chi connectivity index (χ2n) is 7.75. The summed E-state index contributed by atoms with van der Waals surface area (Å²) in [6.45, 7) is 3.87. The van der Waals surface area contributed by atoms with Crippen molar-refractivity contribution in [2.24, 2.45) is 5.92 Å². The van der Waals surface area contributed by atoms with Crippen molar-refractivity contribution in [1.29, 1.82) is 0 Å². The average Bonchev–Trinajstić information content (AvgIpc) is 3.05. The first-order chi connectivity index (χ1) is 16.1. The molecule has 1 aliphatic heterocycles. The van der Waals surface area contributed by atoms with Crippen molar-refractivity contribution in [2.75, 3.05) is 20.2 Å². The number of benzene rings is 1. The summed E-state index contributed by atoms with van der Waals surface area (Å²) in [5.74, 6) is 2.45. The molecule has 10 nitrogen and oxygen atoms in total. The van der Waals surface area contributed by atoms with Gasteiger partial charge in [-0.2, -0.15) is 0 Å². The van der Waals surface area contributed by atoms with Gasteiger partial charge in [0.15, 0.2) is 0 Å².